The quantitative estimate of drug-likeness (QED) is 0.574. The van der Waals surface area contributed by atoms with Crippen LogP contribution in [0.5, 0.6) is 0 Å². The van der Waals surface area contributed by atoms with Crippen molar-refractivity contribution in [3.8, 4) is 0 Å². The molecule has 0 spiro atoms. The van der Waals surface area contributed by atoms with Crippen molar-refractivity contribution in [1.29, 1.82) is 0 Å². The molecular weight excluding hydrogens is 334 g/mol. The Balaban J connectivity index is 1.26. The molecule has 136 valence electrons. The van der Waals surface area contributed by atoms with Gasteiger partial charge in [-0.3, -0.25) is 0 Å². The number of hydrogen-bond acceptors (Lipinski definition) is 3. The summed E-state index contributed by atoms with van der Waals surface area (Å²) in [5.74, 6) is 1.66. The Morgan fingerprint density at radius 1 is 1.00 bits per heavy atom. The van der Waals surface area contributed by atoms with E-state index in [1.165, 1.54) is 29.4 Å². The molecule has 0 amide bonds. The zero-order valence-corrected chi connectivity index (χ0v) is 15.2. The van der Waals surface area contributed by atoms with Gasteiger partial charge in [-0.25, -0.2) is 9.97 Å². The van der Waals surface area contributed by atoms with Gasteiger partial charge in [0.15, 0.2) is 0 Å². The van der Waals surface area contributed by atoms with Crippen LogP contribution in [0.25, 0.3) is 11.0 Å². The van der Waals surface area contributed by atoms with Crippen molar-refractivity contribution in [2.45, 2.75) is 25.2 Å². The standard InChI is InChI=1S/C22H23N5/c1-2-5-16(6-3-1)17-8-11-27(12-9-17)22-25-15-19(26-22)13-18-14-24-21-20(18)7-4-10-23-21/h1-7,10,14-15,17H,8-9,11-13H2,(H,23,24)(H,25,26). The molecule has 1 saturated heterocycles. The summed E-state index contributed by atoms with van der Waals surface area (Å²) in [5.41, 5.74) is 4.79. The zero-order chi connectivity index (χ0) is 18.1. The first-order valence-electron chi connectivity index (χ1n) is 9.61. The molecule has 5 rings (SSSR count). The van der Waals surface area contributed by atoms with Crippen molar-refractivity contribution >= 4 is 17.0 Å². The van der Waals surface area contributed by atoms with Crippen molar-refractivity contribution in [2.75, 3.05) is 18.0 Å². The van der Waals surface area contributed by atoms with Crippen LogP contribution in [0.3, 0.4) is 0 Å². The molecule has 0 unspecified atom stereocenters. The molecule has 5 heteroatoms. The minimum absolute atomic E-state index is 0.663. The number of aromatic nitrogens is 4. The van der Waals surface area contributed by atoms with E-state index in [0.29, 0.717) is 5.92 Å². The first kappa shape index (κ1) is 16.1. The van der Waals surface area contributed by atoms with Gasteiger partial charge in [0, 0.05) is 43.0 Å². The fraction of sp³-hybridized carbons (Fsp3) is 0.273. The van der Waals surface area contributed by atoms with E-state index in [9.17, 15) is 0 Å². The molecule has 3 aromatic heterocycles. The predicted octanol–water partition coefficient (Wildman–Crippen LogP) is 4.26. The van der Waals surface area contributed by atoms with Crippen LogP contribution in [0.4, 0.5) is 5.95 Å². The highest BCUT2D eigenvalue weighted by Gasteiger charge is 2.22. The van der Waals surface area contributed by atoms with Crippen LogP contribution in [0.15, 0.2) is 61.1 Å². The highest BCUT2D eigenvalue weighted by atomic mass is 15.3. The number of aromatic amines is 2. The maximum absolute atomic E-state index is 4.64. The lowest BCUT2D eigenvalue weighted by atomic mass is 9.90. The Labute approximate surface area is 158 Å². The van der Waals surface area contributed by atoms with Gasteiger partial charge in [-0.2, -0.15) is 0 Å². The predicted molar refractivity (Wildman–Crippen MR) is 108 cm³/mol. The van der Waals surface area contributed by atoms with E-state index in [1.807, 2.05) is 24.7 Å². The molecule has 0 saturated carbocycles. The van der Waals surface area contributed by atoms with Gasteiger partial charge in [0.2, 0.25) is 5.95 Å². The number of nitrogens with zero attached hydrogens (tertiary/aromatic N) is 3. The zero-order valence-electron chi connectivity index (χ0n) is 15.2. The first-order chi connectivity index (χ1) is 13.4. The maximum atomic E-state index is 4.64. The third-order valence-electron chi connectivity index (χ3n) is 5.60. The van der Waals surface area contributed by atoms with E-state index in [2.05, 4.69) is 61.2 Å². The van der Waals surface area contributed by atoms with Crippen LogP contribution in [0.2, 0.25) is 0 Å². The summed E-state index contributed by atoms with van der Waals surface area (Å²) < 4.78 is 0. The number of H-pyrrole nitrogens is 2. The van der Waals surface area contributed by atoms with E-state index in [1.54, 1.807) is 0 Å². The summed E-state index contributed by atoms with van der Waals surface area (Å²) in [4.78, 5) is 18.1. The van der Waals surface area contributed by atoms with Crippen LogP contribution in [-0.4, -0.2) is 33.0 Å². The van der Waals surface area contributed by atoms with Crippen LogP contribution < -0.4 is 4.90 Å². The smallest absolute Gasteiger partial charge is 0.202 e. The van der Waals surface area contributed by atoms with Gasteiger partial charge in [-0.1, -0.05) is 30.3 Å². The molecule has 0 atom stereocenters. The van der Waals surface area contributed by atoms with E-state index >= 15 is 0 Å². The lowest BCUT2D eigenvalue weighted by molar-refractivity contribution is 0.500. The molecule has 5 nitrogen and oxygen atoms in total. The highest BCUT2D eigenvalue weighted by Crippen LogP contribution is 2.29. The van der Waals surface area contributed by atoms with Crippen LogP contribution >= 0.6 is 0 Å². The number of anilines is 1. The molecule has 4 heterocycles. The Bertz CT molecular complexity index is 1020. The average Bonchev–Trinajstić information content (AvgIpc) is 3.37. The number of piperidine rings is 1. The molecule has 0 bridgehead atoms. The number of hydrogen-bond donors (Lipinski definition) is 2. The Morgan fingerprint density at radius 2 is 1.85 bits per heavy atom. The second-order valence-electron chi connectivity index (χ2n) is 7.29. The molecule has 0 radical (unpaired) electrons. The van der Waals surface area contributed by atoms with Crippen molar-refractivity contribution in [2.24, 2.45) is 0 Å². The van der Waals surface area contributed by atoms with Gasteiger partial charge in [-0.15, -0.1) is 0 Å². The van der Waals surface area contributed by atoms with Crippen LogP contribution in [-0.2, 0) is 6.42 Å². The number of imidazole rings is 1. The molecule has 1 fully saturated rings. The minimum Gasteiger partial charge on any atom is -0.346 e. The molecule has 27 heavy (non-hydrogen) atoms. The fourth-order valence-electron chi connectivity index (χ4n) is 4.11. The number of rotatable bonds is 4. The summed E-state index contributed by atoms with van der Waals surface area (Å²) in [5, 5.41) is 1.18. The SMILES string of the molecule is c1ccc(C2CCN(c3ncc(Cc4c[nH]c5ncccc45)[nH]3)CC2)cc1. The fourth-order valence-corrected chi connectivity index (χ4v) is 4.11. The van der Waals surface area contributed by atoms with Gasteiger partial charge in [0.1, 0.15) is 5.65 Å². The number of nitrogens with one attached hydrogen (secondary N) is 2. The summed E-state index contributed by atoms with van der Waals surface area (Å²) in [6, 6.07) is 15.0. The van der Waals surface area contributed by atoms with Crippen LogP contribution in [0.1, 0.15) is 35.6 Å². The van der Waals surface area contributed by atoms with Crippen molar-refractivity contribution in [3.05, 3.63) is 77.9 Å². The highest BCUT2D eigenvalue weighted by molar-refractivity contribution is 5.79. The summed E-state index contributed by atoms with van der Waals surface area (Å²) >= 11 is 0. The molecule has 1 aliphatic heterocycles. The Hall–Kier alpha value is -3.08. The number of benzene rings is 1. The van der Waals surface area contributed by atoms with E-state index < -0.39 is 0 Å². The normalized spacial score (nSPS) is 15.5. The lowest BCUT2D eigenvalue weighted by Crippen LogP contribution is -2.33. The molecule has 2 N–H and O–H groups in total. The summed E-state index contributed by atoms with van der Waals surface area (Å²) in [6.07, 6.45) is 9.01. The lowest BCUT2D eigenvalue weighted by Gasteiger charge is -2.32. The van der Waals surface area contributed by atoms with Crippen LogP contribution in [0, 0.1) is 0 Å². The van der Waals surface area contributed by atoms with E-state index in [4.69, 9.17) is 0 Å². The molecule has 4 aromatic rings. The van der Waals surface area contributed by atoms with Gasteiger partial charge in [0.05, 0.1) is 6.20 Å². The van der Waals surface area contributed by atoms with Gasteiger partial charge < -0.3 is 14.9 Å². The number of fused-ring (bicyclic) bond motifs is 1. The second-order valence-corrected chi connectivity index (χ2v) is 7.29. The minimum atomic E-state index is 0.663. The third-order valence-corrected chi connectivity index (χ3v) is 5.60. The van der Waals surface area contributed by atoms with Gasteiger partial charge in [0.25, 0.3) is 0 Å². The monoisotopic (exact) mass is 357 g/mol. The molecule has 1 aromatic carbocycles. The van der Waals surface area contributed by atoms with Gasteiger partial charge in [-0.05, 0) is 42.0 Å². The summed E-state index contributed by atoms with van der Waals surface area (Å²) in [7, 11) is 0. The molecule has 1 aliphatic rings. The number of pyridine rings is 1. The third kappa shape index (κ3) is 3.21. The van der Waals surface area contributed by atoms with Crippen molar-refractivity contribution in [1.82, 2.24) is 19.9 Å². The Morgan fingerprint density at radius 3 is 2.70 bits per heavy atom. The second kappa shape index (κ2) is 6.91. The van der Waals surface area contributed by atoms with E-state index in [-0.39, 0.29) is 0 Å². The van der Waals surface area contributed by atoms with Crippen molar-refractivity contribution < 1.29 is 0 Å². The molecule has 0 aliphatic carbocycles. The maximum Gasteiger partial charge on any atom is 0.202 e. The topological polar surface area (TPSA) is 60.6 Å². The first-order valence-corrected chi connectivity index (χ1v) is 9.61. The molecular formula is C22H23N5. The van der Waals surface area contributed by atoms with Crippen molar-refractivity contribution in [3.63, 3.8) is 0 Å². The Kier molecular flexibility index (Phi) is 4.13. The summed E-state index contributed by atoms with van der Waals surface area (Å²) in [6.45, 7) is 2.09. The largest absolute Gasteiger partial charge is 0.346 e. The van der Waals surface area contributed by atoms with Gasteiger partial charge >= 0.3 is 0 Å². The van der Waals surface area contributed by atoms with E-state index in [0.717, 1.165) is 36.8 Å². The average molecular weight is 357 g/mol.